The molecule has 108 valence electrons. The molecule has 0 aliphatic rings. The van der Waals surface area contributed by atoms with Crippen LogP contribution in [-0.4, -0.2) is 49.0 Å². The summed E-state index contributed by atoms with van der Waals surface area (Å²) >= 11 is 0. The van der Waals surface area contributed by atoms with E-state index < -0.39 is 5.60 Å². The monoisotopic (exact) mass is 267 g/mol. The second-order valence-electron chi connectivity index (χ2n) is 5.28. The van der Waals surface area contributed by atoms with Gasteiger partial charge in [0.05, 0.1) is 12.2 Å². The van der Waals surface area contributed by atoms with Gasteiger partial charge in [-0.3, -0.25) is 0 Å². The van der Waals surface area contributed by atoms with Gasteiger partial charge in [-0.25, -0.2) is 0 Å². The molecule has 0 aliphatic carbocycles. The van der Waals surface area contributed by atoms with E-state index in [1.807, 2.05) is 43.1 Å². The van der Waals surface area contributed by atoms with Crippen molar-refractivity contribution in [1.29, 1.82) is 0 Å². The highest BCUT2D eigenvalue weighted by Gasteiger charge is 2.15. The number of benzene rings is 1. The minimum absolute atomic E-state index is 0.566. The Bertz CT molecular complexity index is 374. The van der Waals surface area contributed by atoms with Crippen LogP contribution in [0.1, 0.15) is 20.8 Å². The average molecular weight is 267 g/mol. The van der Waals surface area contributed by atoms with Crippen LogP contribution in [0.15, 0.2) is 24.3 Å². The summed E-state index contributed by atoms with van der Waals surface area (Å²) < 4.78 is 11.2. The molecule has 4 heteroatoms. The minimum atomic E-state index is -0.683. The van der Waals surface area contributed by atoms with E-state index in [0.29, 0.717) is 19.8 Å². The number of rotatable bonds is 8. The lowest BCUT2D eigenvalue weighted by Crippen LogP contribution is -2.38. The smallest absolute Gasteiger partial charge is 0.161 e. The standard InChI is InChI=1S/C15H25NO3/c1-5-18-13-8-6-7-9-14(13)19-11-10-16(4)12-15(2,3)17/h6-9,17H,5,10-12H2,1-4H3. The lowest BCUT2D eigenvalue weighted by molar-refractivity contribution is 0.0410. The number of hydrogen-bond donors (Lipinski definition) is 1. The van der Waals surface area contributed by atoms with E-state index in [1.165, 1.54) is 0 Å². The summed E-state index contributed by atoms with van der Waals surface area (Å²) in [7, 11) is 1.97. The van der Waals surface area contributed by atoms with Crippen molar-refractivity contribution in [2.45, 2.75) is 26.4 Å². The zero-order valence-electron chi connectivity index (χ0n) is 12.3. The van der Waals surface area contributed by atoms with Crippen LogP contribution < -0.4 is 9.47 Å². The van der Waals surface area contributed by atoms with Crippen molar-refractivity contribution in [3.8, 4) is 11.5 Å². The van der Waals surface area contributed by atoms with Gasteiger partial charge in [-0.1, -0.05) is 12.1 Å². The molecule has 0 bridgehead atoms. The molecule has 0 unspecified atom stereocenters. The van der Waals surface area contributed by atoms with Crippen molar-refractivity contribution in [2.75, 3.05) is 33.4 Å². The van der Waals surface area contributed by atoms with E-state index in [9.17, 15) is 5.11 Å². The number of hydrogen-bond acceptors (Lipinski definition) is 4. The Morgan fingerprint density at radius 1 is 1.16 bits per heavy atom. The van der Waals surface area contributed by atoms with Gasteiger partial charge in [0, 0.05) is 13.1 Å². The maximum absolute atomic E-state index is 9.72. The van der Waals surface area contributed by atoms with Crippen molar-refractivity contribution < 1.29 is 14.6 Å². The predicted octanol–water partition coefficient (Wildman–Crippen LogP) is 2.17. The molecule has 0 aromatic heterocycles. The van der Waals surface area contributed by atoms with Gasteiger partial charge < -0.3 is 19.5 Å². The lowest BCUT2D eigenvalue weighted by Gasteiger charge is -2.25. The predicted molar refractivity (Wildman–Crippen MR) is 76.9 cm³/mol. The molecule has 19 heavy (non-hydrogen) atoms. The summed E-state index contributed by atoms with van der Waals surface area (Å²) in [6.07, 6.45) is 0. The van der Waals surface area contributed by atoms with E-state index >= 15 is 0 Å². The molecule has 1 aromatic carbocycles. The van der Waals surface area contributed by atoms with Gasteiger partial charge in [-0.05, 0) is 40.0 Å². The van der Waals surface area contributed by atoms with Crippen LogP contribution in [0.2, 0.25) is 0 Å². The normalized spacial score (nSPS) is 11.7. The minimum Gasteiger partial charge on any atom is -0.490 e. The third-order valence-electron chi connectivity index (χ3n) is 2.54. The summed E-state index contributed by atoms with van der Waals surface area (Å²) in [5.41, 5.74) is -0.683. The summed E-state index contributed by atoms with van der Waals surface area (Å²) in [6, 6.07) is 7.66. The fraction of sp³-hybridized carbons (Fsp3) is 0.600. The molecule has 0 atom stereocenters. The van der Waals surface area contributed by atoms with Crippen molar-refractivity contribution in [3.05, 3.63) is 24.3 Å². The van der Waals surface area contributed by atoms with Crippen molar-refractivity contribution in [1.82, 2.24) is 4.90 Å². The Labute approximate surface area is 115 Å². The molecule has 0 radical (unpaired) electrons. The fourth-order valence-electron chi connectivity index (χ4n) is 1.90. The number of nitrogens with zero attached hydrogens (tertiary/aromatic N) is 1. The van der Waals surface area contributed by atoms with Gasteiger partial charge in [0.1, 0.15) is 6.61 Å². The first-order valence-corrected chi connectivity index (χ1v) is 6.68. The highest BCUT2D eigenvalue weighted by molar-refractivity contribution is 5.39. The van der Waals surface area contributed by atoms with Crippen LogP contribution >= 0.6 is 0 Å². The lowest BCUT2D eigenvalue weighted by atomic mass is 10.1. The van der Waals surface area contributed by atoms with E-state index in [4.69, 9.17) is 9.47 Å². The zero-order chi connectivity index (χ0) is 14.3. The third kappa shape index (κ3) is 6.45. The summed E-state index contributed by atoms with van der Waals surface area (Å²) in [4.78, 5) is 2.04. The molecule has 1 aromatic rings. The molecule has 0 heterocycles. The molecular formula is C15H25NO3. The highest BCUT2D eigenvalue weighted by atomic mass is 16.5. The van der Waals surface area contributed by atoms with E-state index in [-0.39, 0.29) is 0 Å². The van der Waals surface area contributed by atoms with Crippen LogP contribution in [0.25, 0.3) is 0 Å². The Hall–Kier alpha value is -1.26. The fourth-order valence-corrected chi connectivity index (χ4v) is 1.90. The maximum Gasteiger partial charge on any atom is 0.161 e. The summed E-state index contributed by atoms with van der Waals surface area (Å²) in [5, 5.41) is 9.72. The second-order valence-corrected chi connectivity index (χ2v) is 5.28. The topological polar surface area (TPSA) is 41.9 Å². The van der Waals surface area contributed by atoms with Crippen LogP contribution in [0.5, 0.6) is 11.5 Å². The largest absolute Gasteiger partial charge is 0.490 e. The molecule has 0 spiro atoms. The Kier molecular flexibility index (Phi) is 6.12. The third-order valence-corrected chi connectivity index (χ3v) is 2.54. The molecule has 0 aliphatic heterocycles. The molecule has 0 saturated carbocycles. The van der Waals surface area contributed by atoms with Crippen LogP contribution in [0, 0.1) is 0 Å². The van der Waals surface area contributed by atoms with Crippen molar-refractivity contribution in [3.63, 3.8) is 0 Å². The first-order chi connectivity index (χ1) is 8.92. The van der Waals surface area contributed by atoms with Gasteiger partial charge in [-0.15, -0.1) is 0 Å². The van der Waals surface area contributed by atoms with Crippen LogP contribution in [-0.2, 0) is 0 Å². The molecule has 1 N–H and O–H groups in total. The number of para-hydroxylation sites is 2. The Morgan fingerprint density at radius 3 is 2.26 bits per heavy atom. The average Bonchev–Trinajstić information content (AvgIpc) is 2.29. The second kappa shape index (κ2) is 7.36. The highest BCUT2D eigenvalue weighted by Crippen LogP contribution is 2.26. The van der Waals surface area contributed by atoms with Crippen LogP contribution in [0.3, 0.4) is 0 Å². The first-order valence-electron chi connectivity index (χ1n) is 6.68. The van der Waals surface area contributed by atoms with E-state index in [2.05, 4.69) is 0 Å². The van der Waals surface area contributed by atoms with E-state index in [0.717, 1.165) is 18.0 Å². The molecule has 0 fully saturated rings. The van der Waals surface area contributed by atoms with Gasteiger partial charge >= 0.3 is 0 Å². The van der Waals surface area contributed by atoms with Crippen molar-refractivity contribution >= 4 is 0 Å². The molecular weight excluding hydrogens is 242 g/mol. The Balaban J connectivity index is 2.40. The Morgan fingerprint density at radius 2 is 1.74 bits per heavy atom. The molecule has 1 rings (SSSR count). The van der Waals surface area contributed by atoms with Crippen molar-refractivity contribution in [2.24, 2.45) is 0 Å². The summed E-state index contributed by atoms with van der Waals surface area (Å²) in [5.74, 6) is 1.54. The number of aliphatic hydroxyl groups is 1. The van der Waals surface area contributed by atoms with Gasteiger partial charge in [-0.2, -0.15) is 0 Å². The number of likely N-dealkylation sites (N-methyl/N-ethyl adjacent to an activating group) is 1. The van der Waals surface area contributed by atoms with Gasteiger partial charge in [0.15, 0.2) is 11.5 Å². The molecule has 0 amide bonds. The quantitative estimate of drug-likeness (QED) is 0.784. The SMILES string of the molecule is CCOc1ccccc1OCCN(C)CC(C)(C)O. The van der Waals surface area contributed by atoms with E-state index in [1.54, 1.807) is 13.8 Å². The summed E-state index contributed by atoms with van der Waals surface area (Å²) in [6.45, 7) is 8.11. The first kappa shape index (κ1) is 15.8. The van der Waals surface area contributed by atoms with Gasteiger partial charge in [0.2, 0.25) is 0 Å². The maximum atomic E-state index is 9.72. The molecule has 4 nitrogen and oxygen atoms in total. The zero-order valence-corrected chi connectivity index (χ0v) is 12.3. The van der Waals surface area contributed by atoms with Gasteiger partial charge in [0.25, 0.3) is 0 Å². The van der Waals surface area contributed by atoms with Crippen LogP contribution in [0.4, 0.5) is 0 Å². The number of ether oxygens (including phenoxy) is 2. The molecule has 0 saturated heterocycles.